The number of aromatic nitrogens is 2. The van der Waals surface area contributed by atoms with Crippen molar-refractivity contribution in [2.45, 2.75) is 32.6 Å². The Labute approximate surface area is 110 Å². The predicted molar refractivity (Wildman–Crippen MR) is 74.9 cm³/mol. The van der Waals surface area contributed by atoms with Crippen molar-refractivity contribution in [2.75, 3.05) is 31.6 Å². The van der Waals surface area contributed by atoms with E-state index in [9.17, 15) is 0 Å². The van der Waals surface area contributed by atoms with E-state index in [1.165, 1.54) is 32.4 Å². The number of piperidine rings is 1. The maximum Gasteiger partial charge on any atom is 0.150 e. The molecule has 0 bridgehead atoms. The summed E-state index contributed by atoms with van der Waals surface area (Å²) in [6.45, 7) is 5.54. The lowest BCUT2D eigenvalue weighted by Gasteiger charge is -2.25. The summed E-state index contributed by atoms with van der Waals surface area (Å²) >= 11 is 0. The van der Waals surface area contributed by atoms with E-state index in [1.54, 1.807) is 0 Å². The molecule has 1 aliphatic heterocycles. The largest absolute Gasteiger partial charge is 0.358 e. The molecule has 0 radical (unpaired) electrons. The van der Waals surface area contributed by atoms with Gasteiger partial charge in [0.2, 0.25) is 0 Å². The first kappa shape index (κ1) is 13.3. The lowest BCUT2D eigenvalue weighted by atomic mass is 9.94. The van der Waals surface area contributed by atoms with Crippen molar-refractivity contribution in [1.82, 2.24) is 15.5 Å². The third kappa shape index (κ3) is 3.67. The fourth-order valence-corrected chi connectivity index (χ4v) is 2.41. The summed E-state index contributed by atoms with van der Waals surface area (Å²) in [6.07, 6.45) is 4.84. The zero-order chi connectivity index (χ0) is 12.8. The van der Waals surface area contributed by atoms with Gasteiger partial charge in [-0.15, -0.1) is 5.10 Å². The third-order valence-corrected chi connectivity index (χ3v) is 3.79. The van der Waals surface area contributed by atoms with E-state index in [0.29, 0.717) is 0 Å². The number of hydrogen-bond acceptors (Lipinski definition) is 4. The van der Waals surface area contributed by atoms with Gasteiger partial charge in [0.15, 0.2) is 5.82 Å². The molecule has 1 fully saturated rings. The Morgan fingerprint density at radius 2 is 2.06 bits per heavy atom. The first-order valence-corrected chi connectivity index (χ1v) is 7.04. The van der Waals surface area contributed by atoms with Crippen molar-refractivity contribution < 1.29 is 0 Å². The van der Waals surface area contributed by atoms with Gasteiger partial charge in [0, 0.05) is 13.6 Å². The normalized spacial score (nSPS) is 16.8. The average Bonchev–Trinajstić information content (AvgIpc) is 2.46. The minimum Gasteiger partial charge on any atom is -0.358 e. The van der Waals surface area contributed by atoms with Crippen LogP contribution in [0, 0.1) is 5.92 Å². The van der Waals surface area contributed by atoms with Gasteiger partial charge >= 0.3 is 0 Å². The Balaban J connectivity index is 1.80. The molecule has 2 heterocycles. The summed E-state index contributed by atoms with van der Waals surface area (Å²) in [6, 6.07) is 4.15. The van der Waals surface area contributed by atoms with E-state index in [2.05, 4.69) is 46.5 Å². The summed E-state index contributed by atoms with van der Waals surface area (Å²) in [5, 5.41) is 11.9. The molecular formula is C14H24N4. The van der Waals surface area contributed by atoms with E-state index in [0.717, 1.165) is 30.4 Å². The highest BCUT2D eigenvalue weighted by molar-refractivity contribution is 5.35. The predicted octanol–water partition coefficient (Wildman–Crippen LogP) is 1.86. The summed E-state index contributed by atoms with van der Waals surface area (Å²) < 4.78 is 0. The molecule has 1 saturated heterocycles. The Morgan fingerprint density at radius 1 is 1.28 bits per heavy atom. The SMILES string of the molecule is CCc1ccc(N(C)CCC2CCNCC2)nn1. The van der Waals surface area contributed by atoms with Crippen LogP contribution in [0.15, 0.2) is 12.1 Å². The molecule has 0 unspecified atom stereocenters. The topological polar surface area (TPSA) is 41.0 Å². The maximum atomic E-state index is 4.28. The van der Waals surface area contributed by atoms with Crippen LogP contribution in [0.4, 0.5) is 5.82 Å². The van der Waals surface area contributed by atoms with Gasteiger partial charge in [-0.2, -0.15) is 5.10 Å². The van der Waals surface area contributed by atoms with Gasteiger partial charge in [0.25, 0.3) is 0 Å². The second kappa shape index (κ2) is 6.69. The molecule has 4 heteroatoms. The molecule has 0 saturated carbocycles. The molecule has 18 heavy (non-hydrogen) atoms. The highest BCUT2D eigenvalue weighted by Gasteiger charge is 2.14. The Kier molecular flexibility index (Phi) is 4.93. The molecule has 1 aromatic heterocycles. The van der Waals surface area contributed by atoms with Gasteiger partial charge < -0.3 is 10.2 Å². The lowest BCUT2D eigenvalue weighted by Crippen LogP contribution is -2.30. The fraction of sp³-hybridized carbons (Fsp3) is 0.714. The van der Waals surface area contributed by atoms with Gasteiger partial charge in [0.05, 0.1) is 5.69 Å². The van der Waals surface area contributed by atoms with Crippen LogP contribution in [0.5, 0.6) is 0 Å². The zero-order valence-corrected chi connectivity index (χ0v) is 11.5. The molecule has 2 rings (SSSR count). The van der Waals surface area contributed by atoms with Gasteiger partial charge in [-0.1, -0.05) is 6.92 Å². The van der Waals surface area contributed by atoms with Crippen LogP contribution in [-0.4, -0.2) is 36.9 Å². The van der Waals surface area contributed by atoms with Crippen LogP contribution in [-0.2, 0) is 6.42 Å². The number of hydrogen-bond donors (Lipinski definition) is 1. The molecule has 0 amide bonds. The van der Waals surface area contributed by atoms with Crippen molar-refractivity contribution in [3.05, 3.63) is 17.8 Å². The molecule has 0 atom stereocenters. The van der Waals surface area contributed by atoms with E-state index < -0.39 is 0 Å². The van der Waals surface area contributed by atoms with Gasteiger partial charge in [-0.25, -0.2) is 0 Å². The standard InChI is InChI=1S/C14H24N4/c1-3-13-4-5-14(17-16-13)18(2)11-8-12-6-9-15-10-7-12/h4-5,12,15H,3,6-11H2,1-2H3. The van der Waals surface area contributed by atoms with Crippen molar-refractivity contribution in [1.29, 1.82) is 0 Å². The van der Waals surface area contributed by atoms with Gasteiger partial charge in [-0.3, -0.25) is 0 Å². The number of nitrogens with zero attached hydrogens (tertiary/aromatic N) is 3. The lowest BCUT2D eigenvalue weighted by molar-refractivity contribution is 0.356. The molecule has 1 aliphatic rings. The second-order valence-electron chi connectivity index (χ2n) is 5.14. The van der Waals surface area contributed by atoms with E-state index in [1.807, 2.05) is 0 Å². The third-order valence-electron chi connectivity index (χ3n) is 3.79. The molecule has 0 aliphatic carbocycles. The molecular weight excluding hydrogens is 224 g/mol. The van der Waals surface area contributed by atoms with Crippen LogP contribution in [0.3, 0.4) is 0 Å². The van der Waals surface area contributed by atoms with Crippen molar-refractivity contribution >= 4 is 5.82 Å². The first-order chi connectivity index (χ1) is 8.79. The van der Waals surface area contributed by atoms with E-state index in [-0.39, 0.29) is 0 Å². The first-order valence-electron chi connectivity index (χ1n) is 7.04. The van der Waals surface area contributed by atoms with Crippen LogP contribution in [0.25, 0.3) is 0 Å². The van der Waals surface area contributed by atoms with E-state index >= 15 is 0 Å². The van der Waals surface area contributed by atoms with Crippen molar-refractivity contribution in [3.8, 4) is 0 Å². The molecule has 1 aromatic rings. The smallest absolute Gasteiger partial charge is 0.150 e. The van der Waals surface area contributed by atoms with Gasteiger partial charge in [-0.05, 0) is 56.8 Å². The highest BCUT2D eigenvalue weighted by Crippen LogP contribution is 2.17. The number of anilines is 1. The van der Waals surface area contributed by atoms with Gasteiger partial charge in [0.1, 0.15) is 0 Å². The Morgan fingerprint density at radius 3 is 2.67 bits per heavy atom. The quantitative estimate of drug-likeness (QED) is 0.863. The van der Waals surface area contributed by atoms with Crippen molar-refractivity contribution in [2.24, 2.45) is 5.92 Å². The van der Waals surface area contributed by atoms with E-state index in [4.69, 9.17) is 0 Å². The second-order valence-corrected chi connectivity index (χ2v) is 5.14. The molecule has 4 nitrogen and oxygen atoms in total. The minimum absolute atomic E-state index is 0.872. The minimum atomic E-state index is 0.872. The summed E-state index contributed by atoms with van der Waals surface area (Å²) in [4.78, 5) is 2.22. The Bertz CT molecular complexity index is 343. The number of aryl methyl sites for hydroxylation is 1. The Hall–Kier alpha value is -1.16. The molecule has 1 N–H and O–H groups in total. The van der Waals surface area contributed by atoms with Crippen LogP contribution in [0.2, 0.25) is 0 Å². The zero-order valence-electron chi connectivity index (χ0n) is 11.5. The fourth-order valence-electron chi connectivity index (χ4n) is 2.41. The highest BCUT2D eigenvalue weighted by atomic mass is 15.2. The summed E-state index contributed by atoms with van der Waals surface area (Å²) in [7, 11) is 2.11. The average molecular weight is 248 g/mol. The summed E-state index contributed by atoms with van der Waals surface area (Å²) in [5.74, 6) is 1.86. The molecule has 0 aromatic carbocycles. The number of rotatable bonds is 5. The summed E-state index contributed by atoms with van der Waals surface area (Å²) in [5.41, 5.74) is 1.06. The number of nitrogens with one attached hydrogen (secondary N) is 1. The van der Waals surface area contributed by atoms with Crippen LogP contribution in [0.1, 0.15) is 31.9 Å². The monoisotopic (exact) mass is 248 g/mol. The van der Waals surface area contributed by atoms with Crippen LogP contribution >= 0.6 is 0 Å². The van der Waals surface area contributed by atoms with Crippen molar-refractivity contribution in [3.63, 3.8) is 0 Å². The molecule has 0 spiro atoms. The van der Waals surface area contributed by atoms with Crippen LogP contribution < -0.4 is 10.2 Å². The maximum absolute atomic E-state index is 4.28. The molecule has 100 valence electrons.